The van der Waals surface area contributed by atoms with Crippen molar-refractivity contribution in [3.8, 4) is 22.8 Å². The summed E-state index contributed by atoms with van der Waals surface area (Å²) in [6.07, 6.45) is 5.83. The fourth-order valence-corrected chi connectivity index (χ4v) is 3.98. The van der Waals surface area contributed by atoms with Crippen LogP contribution in [-0.4, -0.2) is 29.2 Å². The van der Waals surface area contributed by atoms with Crippen LogP contribution in [0.3, 0.4) is 0 Å². The molecule has 1 aromatic heterocycles. The van der Waals surface area contributed by atoms with Crippen LogP contribution in [0.5, 0.6) is 11.5 Å². The van der Waals surface area contributed by atoms with E-state index in [0.717, 1.165) is 28.7 Å². The highest BCUT2D eigenvalue weighted by atomic mass is 16.5. The minimum absolute atomic E-state index is 0.428. The maximum absolute atomic E-state index is 5.37. The molecule has 1 aliphatic rings. The van der Waals surface area contributed by atoms with Crippen molar-refractivity contribution < 1.29 is 9.47 Å². The normalized spacial score (nSPS) is 23.7. The van der Waals surface area contributed by atoms with Crippen LogP contribution in [0.1, 0.15) is 46.1 Å². The highest BCUT2D eigenvalue weighted by molar-refractivity contribution is 5.63. The zero-order valence-corrected chi connectivity index (χ0v) is 15.9. The first-order valence-electron chi connectivity index (χ1n) is 9.17. The number of nitrogens with zero attached hydrogens (tertiary/aromatic N) is 3. The highest BCUT2D eigenvalue weighted by Gasteiger charge is 2.32. The van der Waals surface area contributed by atoms with E-state index in [9.17, 15) is 0 Å². The zero-order valence-electron chi connectivity index (χ0n) is 15.9. The smallest absolute Gasteiger partial charge is 0.123 e. The van der Waals surface area contributed by atoms with Gasteiger partial charge in [-0.05, 0) is 42.7 Å². The van der Waals surface area contributed by atoms with Crippen LogP contribution in [-0.2, 0) is 0 Å². The minimum Gasteiger partial charge on any atom is -0.497 e. The number of methoxy groups -OCH3 is 2. The molecule has 25 heavy (non-hydrogen) atoms. The van der Waals surface area contributed by atoms with Crippen molar-refractivity contribution in [3.05, 3.63) is 24.4 Å². The van der Waals surface area contributed by atoms with Gasteiger partial charge in [0.1, 0.15) is 17.2 Å². The molecule has 5 heteroatoms. The molecule has 0 aliphatic heterocycles. The number of benzene rings is 1. The van der Waals surface area contributed by atoms with Gasteiger partial charge in [-0.2, -0.15) is 0 Å². The second-order valence-corrected chi connectivity index (χ2v) is 7.58. The van der Waals surface area contributed by atoms with Crippen LogP contribution in [0.25, 0.3) is 11.3 Å². The summed E-state index contributed by atoms with van der Waals surface area (Å²) in [5.74, 6) is 3.57. The van der Waals surface area contributed by atoms with E-state index in [1.54, 1.807) is 14.2 Å². The lowest BCUT2D eigenvalue weighted by Gasteiger charge is -2.37. The van der Waals surface area contributed by atoms with Crippen LogP contribution >= 0.6 is 0 Å². The maximum atomic E-state index is 5.37. The molecule has 0 amide bonds. The van der Waals surface area contributed by atoms with E-state index in [2.05, 4.69) is 42.0 Å². The Kier molecular flexibility index (Phi) is 5.30. The Hall–Kier alpha value is -2.04. The molecule has 0 saturated heterocycles. The van der Waals surface area contributed by atoms with E-state index in [1.165, 1.54) is 19.3 Å². The predicted molar refractivity (Wildman–Crippen MR) is 98.9 cm³/mol. The molecule has 1 fully saturated rings. The first-order chi connectivity index (χ1) is 12.0. The number of hydrogen-bond acceptors (Lipinski definition) is 4. The maximum Gasteiger partial charge on any atom is 0.123 e. The van der Waals surface area contributed by atoms with E-state index < -0.39 is 0 Å². The Balaban J connectivity index is 1.91. The van der Waals surface area contributed by atoms with Crippen molar-refractivity contribution in [2.45, 2.75) is 46.1 Å². The molecule has 0 N–H and O–H groups in total. The largest absolute Gasteiger partial charge is 0.497 e. The molecule has 0 radical (unpaired) electrons. The van der Waals surface area contributed by atoms with E-state index >= 15 is 0 Å². The number of hydrogen-bond donors (Lipinski definition) is 0. The third kappa shape index (κ3) is 3.80. The molecule has 1 heterocycles. The Morgan fingerprint density at radius 2 is 1.76 bits per heavy atom. The van der Waals surface area contributed by atoms with Crippen LogP contribution in [0.2, 0.25) is 0 Å². The van der Waals surface area contributed by atoms with Gasteiger partial charge in [-0.25, -0.2) is 4.68 Å². The zero-order chi connectivity index (χ0) is 18.0. The predicted octanol–water partition coefficient (Wildman–Crippen LogP) is 4.60. The molecule has 0 spiro atoms. The van der Waals surface area contributed by atoms with Crippen molar-refractivity contribution in [2.24, 2.45) is 17.8 Å². The summed E-state index contributed by atoms with van der Waals surface area (Å²) in [5, 5.41) is 8.91. The second-order valence-electron chi connectivity index (χ2n) is 7.58. The number of aromatic nitrogens is 3. The molecule has 3 unspecified atom stereocenters. The van der Waals surface area contributed by atoms with Crippen LogP contribution in [0.15, 0.2) is 24.4 Å². The van der Waals surface area contributed by atoms with Crippen molar-refractivity contribution in [3.63, 3.8) is 0 Å². The molecule has 136 valence electrons. The lowest BCUT2D eigenvalue weighted by molar-refractivity contribution is 0.137. The average Bonchev–Trinajstić information content (AvgIpc) is 3.11. The van der Waals surface area contributed by atoms with Gasteiger partial charge in [0.2, 0.25) is 0 Å². The monoisotopic (exact) mass is 343 g/mol. The summed E-state index contributed by atoms with van der Waals surface area (Å²) in [7, 11) is 3.32. The Bertz CT molecular complexity index is 688. The summed E-state index contributed by atoms with van der Waals surface area (Å²) in [6, 6.07) is 6.24. The molecule has 1 aromatic carbocycles. The van der Waals surface area contributed by atoms with Gasteiger partial charge < -0.3 is 9.47 Å². The molecule has 1 aliphatic carbocycles. The van der Waals surface area contributed by atoms with E-state index in [-0.39, 0.29) is 0 Å². The summed E-state index contributed by atoms with van der Waals surface area (Å²) in [6.45, 7) is 6.98. The average molecular weight is 343 g/mol. The molecule has 1 saturated carbocycles. The third-order valence-corrected chi connectivity index (χ3v) is 5.48. The summed E-state index contributed by atoms with van der Waals surface area (Å²) < 4.78 is 12.8. The van der Waals surface area contributed by atoms with Crippen LogP contribution in [0.4, 0.5) is 0 Å². The fraction of sp³-hybridized carbons (Fsp3) is 0.600. The van der Waals surface area contributed by atoms with Gasteiger partial charge in [0.05, 0.1) is 26.5 Å². The fourth-order valence-electron chi connectivity index (χ4n) is 3.98. The number of ether oxygens (including phenoxy) is 2. The Morgan fingerprint density at radius 1 is 1.08 bits per heavy atom. The second kappa shape index (κ2) is 7.46. The van der Waals surface area contributed by atoms with Crippen molar-refractivity contribution in [1.82, 2.24) is 15.0 Å². The first-order valence-corrected chi connectivity index (χ1v) is 9.17. The molecule has 2 aromatic rings. The molecular weight excluding hydrogens is 314 g/mol. The molecule has 5 nitrogen and oxygen atoms in total. The van der Waals surface area contributed by atoms with Gasteiger partial charge in [-0.15, -0.1) is 5.10 Å². The van der Waals surface area contributed by atoms with Gasteiger partial charge in [0, 0.05) is 11.6 Å². The highest BCUT2D eigenvalue weighted by Crippen LogP contribution is 2.41. The summed E-state index contributed by atoms with van der Waals surface area (Å²) in [4.78, 5) is 0. The van der Waals surface area contributed by atoms with Gasteiger partial charge in [-0.1, -0.05) is 32.4 Å². The Morgan fingerprint density at radius 3 is 2.36 bits per heavy atom. The number of rotatable bonds is 5. The molecule has 0 bridgehead atoms. The molecular formula is C20H29N3O2. The lowest BCUT2D eigenvalue weighted by atomic mass is 9.74. The third-order valence-electron chi connectivity index (χ3n) is 5.48. The first kappa shape index (κ1) is 17.8. The minimum atomic E-state index is 0.428. The van der Waals surface area contributed by atoms with Gasteiger partial charge >= 0.3 is 0 Å². The van der Waals surface area contributed by atoms with Crippen LogP contribution < -0.4 is 9.47 Å². The summed E-state index contributed by atoms with van der Waals surface area (Å²) >= 11 is 0. The summed E-state index contributed by atoms with van der Waals surface area (Å²) in [5.41, 5.74) is 1.82. The van der Waals surface area contributed by atoms with Gasteiger partial charge in [0.15, 0.2) is 0 Å². The van der Waals surface area contributed by atoms with E-state index in [1.807, 2.05) is 18.2 Å². The van der Waals surface area contributed by atoms with E-state index in [4.69, 9.17) is 9.47 Å². The van der Waals surface area contributed by atoms with Gasteiger partial charge in [0.25, 0.3) is 0 Å². The van der Waals surface area contributed by atoms with Crippen molar-refractivity contribution in [1.29, 1.82) is 0 Å². The van der Waals surface area contributed by atoms with Crippen molar-refractivity contribution in [2.75, 3.05) is 14.2 Å². The topological polar surface area (TPSA) is 49.2 Å². The molecule has 3 atom stereocenters. The van der Waals surface area contributed by atoms with E-state index in [0.29, 0.717) is 17.9 Å². The lowest BCUT2D eigenvalue weighted by Crippen LogP contribution is -2.30. The van der Waals surface area contributed by atoms with Gasteiger partial charge in [-0.3, -0.25) is 0 Å². The van der Waals surface area contributed by atoms with Crippen LogP contribution in [0, 0.1) is 17.8 Å². The van der Waals surface area contributed by atoms with Crippen molar-refractivity contribution >= 4 is 0 Å². The molecule has 3 rings (SSSR count). The quantitative estimate of drug-likeness (QED) is 0.796. The Labute approximate surface area is 150 Å². The standard InChI is InChI=1S/C20H29N3O2/c1-13(2)18-7-6-14(3)8-20(18)23-12-19(21-22-23)15-9-16(24-4)11-17(10-15)25-5/h9-14,18,20H,6-8H2,1-5H3. The SMILES string of the molecule is COc1cc(OC)cc(-c2cn(C3CC(C)CCC3C(C)C)nn2)c1.